The standard InChI is InChI=1S/C6H12N2O/c1-4-5(7)6(9)8(2)3/h4H,7H2,1-3H3. The molecular weight excluding hydrogens is 116 g/mol. The molecule has 3 nitrogen and oxygen atoms in total. The molecule has 0 aliphatic heterocycles. The molecule has 0 aromatic carbocycles. The molecule has 0 bridgehead atoms. The van der Waals surface area contributed by atoms with Crippen molar-refractivity contribution in [2.24, 2.45) is 5.73 Å². The van der Waals surface area contributed by atoms with E-state index < -0.39 is 0 Å². The number of hydrogen-bond donors (Lipinski definition) is 1. The fraction of sp³-hybridized carbons (Fsp3) is 0.500. The highest BCUT2D eigenvalue weighted by Crippen LogP contribution is 1.87. The zero-order chi connectivity index (χ0) is 7.44. The molecule has 52 valence electrons. The fourth-order valence-electron chi connectivity index (χ4n) is 0.382. The predicted molar refractivity (Wildman–Crippen MR) is 36.6 cm³/mol. The summed E-state index contributed by atoms with van der Waals surface area (Å²) in [5.74, 6) is -0.141. The van der Waals surface area contributed by atoms with Gasteiger partial charge in [-0.05, 0) is 6.92 Å². The van der Waals surface area contributed by atoms with Gasteiger partial charge in [-0.15, -0.1) is 0 Å². The van der Waals surface area contributed by atoms with Crippen LogP contribution in [-0.4, -0.2) is 24.9 Å². The van der Waals surface area contributed by atoms with E-state index in [9.17, 15) is 4.79 Å². The van der Waals surface area contributed by atoms with E-state index in [0.717, 1.165) is 0 Å². The van der Waals surface area contributed by atoms with Crippen molar-refractivity contribution in [3.63, 3.8) is 0 Å². The molecule has 0 saturated heterocycles. The van der Waals surface area contributed by atoms with Crippen LogP contribution in [0.25, 0.3) is 0 Å². The summed E-state index contributed by atoms with van der Waals surface area (Å²) in [7, 11) is 3.33. The van der Waals surface area contributed by atoms with Crippen molar-refractivity contribution in [3.05, 3.63) is 11.8 Å². The number of allylic oxidation sites excluding steroid dienone is 1. The van der Waals surface area contributed by atoms with Crippen LogP contribution in [0.4, 0.5) is 0 Å². The zero-order valence-electron chi connectivity index (χ0n) is 6.01. The molecule has 0 aromatic heterocycles. The van der Waals surface area contributed by atoms with Gasteiger partial charge in [-0.1, -0.05) is 6.08 Å². The Morgan fingerprint density at radius 2 is 2.00 bits per heavy atom. The van der Waals surface area contributed by atoms with Crippen molar-refractivity contribution < 1.29 is 4.79 Å². The highest BCUT2D eigenvalue weighted by molar-refractivity contribution is 5.91. The first kappa shape index (κ1) is 8.01. The largest absolute Gasteiger partial charge is 0.395 e. The minimum Gasteiger partial charge on any atom is -0.395 e. The maximum atomic E-state index is 10.8. The smallest absolute Gasteiger partial charge is 0.268 e. The highest BCUT2D eigenvalue weighted by atomic mass is 16.2. The summed E-state index contributed by atoms with van der Waals surface area (Å²) in [4.78, 5) is 12.2. The van der Waals surface area contributed by atoms with E-state index in [-0.39, 0.29) is 5.91 Å². The van der Waals surface area contributed by atoms with Gasteiger partial charge in [0.25, 0.3) is 5.91 Å². The first-order chi connectivity index (χ1) is 4.09. The Morgan fingerprint density at radius 3 is 2.11 bits per heavy atom. The van der Waals surface area contributed by atoms with E-state index in [4.69, 9.17) is 5.73 Å². The summed E-state index contributed by atoms with van der Waals surface area (Å²) >= 11 is 0. The Kier molecular flexibility index (Phi) is 2.78. The van der Waals surface area contributed by atoms with Crippen molar-refractivity contribution in [3.8, 4) is 0 Å². The maximum absolute atomic E-state index is 10.8. The van der Waals surface area contributed by atoms with Gasteiger partial charge in [0.1, 0.15) is 0 Å². The Balaban J connectivity index is 4.06. The normalized spacial score (nSPS) is 11.2. The summed E-state index contributed by atoms with van der Waals surface area (Å²) in [6.45, 7) is 1.73. The van der Waals surface area contributed by atoms with Crippen LogP contribution in [-0.2, 0) is 4.79 Å². The van der Waals surface area contributed by atoms with Gasteiger partial charge in [0.15, 0.2) is 0 Å². The van der Waals surface area contributed by atoms with E-state index in [2.05, 4.69) is 0 Å². The molecule has 0 heterocycles. The molecule has 0 atom stereocenters. The molecule has 0 spiro atoms. The van der Waals surface area contributed by atoms with Gasteiger partial charge in [-0.25, -0.2) is 0 Å². The average Bonchev–Trinajstić information content (AvgIpc) is 1.84. The third kappa shape index (κ3) is 2.17. The van der Waals surface area contributed by atoms with Gasteiger partial charge in [-0.2, -0.15) is 0 Å². The third-order valence-corrected chi connectivity index (χ3v) is 0.964. The number of carbonyl (C=O) groups excluding carboxylic acids is 1. The van der Waals surface area contributed by atoms with E-state index in [1.54, 1.807) is 27.1 Å². The first-order valence-electron chi connectivity index (χ1n) is 2.73. The lowest BCUT2D eigenvalue weighted by Gasteiger charge is -2.08. The molecule has 0 radical (unpaired) electrons. The molecule has 9 heavy (non-hydrogen) atoms. The molecule has 0 unspecified atom stereocenters. The monoisotopic (exact) mass is 128 g/mol. The molecule has 0 aliphatic rings. The van der Waals surface area contributed by atoms with Crippen LogP contribution in [0, 0.1) is 0 Å². The maximum Gasteiger partial charge on any atom is 0.268 e. The second kappa shape index (κ2) is 3.12. The molecular formula is C6H12N2O. The summed E-state index contributed by atoms with van der Waals surface area (Å²) in [5.41, 5.74) is 5.58. The number of nitrogens with zero attached hydrogens (tertiary/aromatic N) is 1. The van der Waals surface area contributed by atoms with E-state index in [0.29, 0.717) is 5.70 Å². The summed E-state index contributed by atoms with van der Waals surface area (Å²) in [5, 5.41) is 0. The fourth-order valence-corrected chi connectivity index (χ4v) is 0.382. The molecule has 0 aliphatic carbocycles. The number of nitrogens with two attached hydrogens (primary N) is 1. The van der Waals surface area contributed by atoms with Crippen LogP contribution in [0.3, 0.4) is 0 Å². The minimum absolute atomic E-state index is 0.141. The van der Waals surface area contributed by atoms with Gasteiger partial charge in [0.05, 0.1) is 5.70 Å². The van der Waals surface area contributed by atoms with E-state index >= 15 is 0 Å². The van der Waals surface area contributed by atoms with Gasteiger partial charge in [0, 0.05) is 14.1 Å². The summed E-state index contributed by atoms with van der Waals surface area (Å²) < 4.78 is 0. The molecule has 0 fully saturated rings. The quantitative estimate of drug-likeness (QED) is 0.503. The molecule has 2 N–H and O–H groups in total. The van der Waals surface area contributed by atoms with Crippen molar-refractivity contribution in [1.82, 2.24) is 4.90 Å². The zero-order valence-corrected chi connectivity index (χ0v) is 6.01. The Bertz CT molecular complexity index is 138. The van der Waals surface area contributed by atoms with Crippen molar-refractivity contribution in [2.75, 3.05) is 14.1 Å². The number of rotatable bonds is 1. The molecule has 0 saturated carbocycles. The van der Waals surface area contributed by atoms with Crippen LogP contribution < -0.4 is 5.73 Å². The third-order valence-electron chi connectivity index (χ3n) is 0.964. The Hall–Kier alpha value is -0.990. The summed E-state index contributed by atoms with van der Waals surface area (Å²) in [6, 6.07) is 0. The van der Waals surface area contributed by atoms with Gasteiger partial charge >= 0.3 is 0 Å². The summed E-state index contributed by atoms with van der Waals surface area (Å²) in [6.07, 6.45) is 1.59. The van der Waals surface area contributed by atoms with Crippen molar-refractivity contribution in [2.45, 2.75) is 6.92 Å². The van der Waals surface area contributed by atoms with Gasteiger partial charge < -0.3 is 10.6 Å². The number of amides is 1. The van der Waals surface area contributed by atoms with Crippen LogP contribution in [0.1, 0.15) is 6.92 Å². The van der Waals surface area contributed by atoms with Crippen LogP contribution in [0.5, 0.6) is 0 Å². The lowest BCUT2D eigenvalue weighted by molar-refractivity contribution is -0.124. The Labute approximate surface area is 55.1 Å². The van der Waals surface area contributed by atoms with Crippen molar-refractivity contribution in [1.29, 1.82) is 0 Å². The topological polar surface area (TPSA) is 46.3 Å². The lowest BCUT2D eigenvalue weighted by atomic mass is 10.4. The second-order valence-corrected chi connectivity index (χ2v) is 1.94. The first-order valence-corrected chi connectivity index (χ1v) is 2.73. The SMILES string of the molecule is CC=C(N)C(=O)N(C)C. The predicted octanol–water partition coefficient (Wildman–Crippen LogP) is -0.0629. The molecule has 1 amide bonds. The van der Waals surface area contributed by atoms with E-state index in [1.165, 1.54) is 4.90 Å². The van der Waals surface area contributed by atoms with Crippen LogP contribution in [0.15, 0.2) is 11.8 Å². The van der Waals surface area contributed by atoms with E-state index in [1.807, 2.05) is 0 Å². The van der Waals surface area contributed by atoms with Crippen molar-refractivity contribution >= 4 is 5.91 Å². The molecule has 0 aromatic rings. The average molecular weight is 128 g/mol. The van der Waals surface area contributed by atoms with Gasteiger partial charge in [0.2, 0.25) is 0 Å². The Morgan fingerprint density at radius 1 is 1.56 bits per heavy atom. The number of hydrogen-bond acceptors (Lipinski definition) is 2. The van der Waals surface area contributed by atoms with Crippen LogP contribution >= 0.6 is 0 Å². The molecule has 3 heteroatoms. The number of carbonyl (C=O) groups is 1. The lowest BCUT2D eigenvalue weighted by Crippen LogP contribution is -2.27. The second-order valence-electron chi connectivity index (χ2n) is 1.94. The highest BCUT2D eigenvalue weighted by Gasteiger charge is 2.03. The van der Waals surface area contributed by atoms with Gasteiger partial charge in [-0.3, -0.25) is 4.79 Å². The molecule has 0 rings (SSSR count). The minimum atomic E-state index is -0.141. The number of likely N-dealkylation sites (N-methyl/N-ethyl adjacent to an activating group) is 1. The van der Waals surface area contributed by atoms with Crippen LogP contribution in [0.2, 0.25) is 0 Å².